The van der Waals surface area contributed by atoms with Gasteiger partial charge in [0.25, 0.3) is 0 Å². The van der Waals surface area contributed by atoms with Crippen molar-refractivity contribution in [1.29, 1.82) is 0 Å². The first kappa shape index (κ1) is 16.0. The molecule has 2 aromatic rings. The van der Waals surface area contributed by atoms with E-state index in [1.54, 1.807) is 0 Å². The number of halogens is 4. The molecule has 0 atom stereocenters. The summed E-state index contributed by atoms with van der Waals surface area (Å²) in [6.45, 7) is 1.23. The maximum absolute atomic E-state index is 13.0. The molecule has 0 aliphatic carbocycles. The van der Waals surface area contributed by atoms with Gasteiger partial charge in [0, 0.05) is 6.07 Å². The molecule has 0 saturated carbocycles. The minimum atomic E-state index is -4.85. The van der Waals surface area contributed by atoms with Crippen molar-refractivity contribution < 1.29 is 22.8 Å². The van der Waals surface area contributed by atoms with Gasteiger partial charge in [-0.05, 0) is 13.0 Å². The summed E-state index contributed by atoms with van der Waals surface area (Å²) < 4.78 is 44.0. The number of rotatable bonds is 3. The summed E-state index contributed by atoms with van der Waals surface area (Å²) in [6.07, 6.45) is -4.85. The van der Waals surface area contributed by atoms with Crippen LogP contribution in [0.2, 0.25) is 5.15 Å². The highest BCUT2D eigenvalue weighted by Crippen LogP contribution is 2.41. The molecule has 2 rings (SSSR count). The van der Waals surface area contributed by atoms with Gasteiger partial charge < -0.3 is 4.74 Å². The summed E-state index contributed by atoms with van der Waals surface area (Å²) in [5.74, 6) is -1.48. The number of hydrogen-bond donors (Lipinski definition) is 0. The molecular formula is C12H7ClF3N3O3. The molecule has 6 nitrogen and oxygen atoms in total. The van der Waals surface area contributed by atoms with Crippen molar-refractivity contribution in [2.24, 2.45) is 0 Å². The molecule has 10 heteroatoms. The normalized spacial score (nSPS) is 11.3. The molecule has 1 heterocycles. The fourth-order valence-corrected chi connectivity index (χ4v) is 1.87. The molecule has 0 amide bonds. The Labute approximate surface area is 126 Å². The molecule has 0 unspecified atom stereocenters. The van der Waals surface area contributed by atoms with Gasteiger partial charge in [-0.3, -0.25) is 10.1 Å². The first-order chi connectivity index (χ1) is 10.2. The molecule has 1 aromatic carbocycles. The average molecular weight is 334 g/mol. The van der Waals surface area contributed by atoms with E-state index in [1.807, 2.05) is 0 Å². The van der Waals surface area contributed by atoms with Crippen molar-refractivity contribution >= 4 is 17.3 Å². The molecule has 1 aromatic heterocycles. The summed E-state index contributed by atoms with van der Waals surface area (Å²) >= 11 is 5.68. The first-order valence-corrected chi connectivity index (χ1v) is 6.10. The second-order valence-corrected chi connectivity index (χ2v) is 4.42. The zero-order valence-electron chi connectivity index (χ0n) is 10.9. The van der Waals surface area contributed by atoms with Crippen LogP contribution >= 0.6 is 11.6 Å². The minimum absolute atomic E-state index is 0.202. The fraction of sp³-hybridized carbons (Fsp3) is 0.167. The molecule has 0 aliphatic rings. The Morgan fingerprint density at radius 1 is 1.27 bits per heavy atom. The molecule has 116 valence electrons. The second-order valence-electron chi connectivity index (χ2n) is 4.06. The molecule has 0 saturated heterocycles. The van der Waals surface area contributed by atoms with Crippen LogP contribution in [0.3, 0.4) is 0 Å². The van der Waals surface area contributed by atoms with Crippen molar-refractivity contribution in [2.45, 2.75) is 13.1 Å². The summed E-state index contributed by atoms with van der Waals surface area (Å²) in [5.41, 5.74) is -1.91. The lowest BCUT2D eigenvalue weighted by Gasteiger charge is -2.14. The van der Waals surface area contributed by atoms with Crippen molar-refractivity contribution in [1.82, 2.24) is 9.97 Å². The molecule has 0 spiro atoms. The van der Waals surface area contributed by atoms with Gasteiger partial charge in [0.15, 0.2) is 16.6 Å². The number of benzene rings is 1. The number of hydrogen-bond acceptors (Lipinski definition) is 5. The number of ether oxygens (including phenoxy) is 1. The summed E-state index contributed by atoms with van der Waals surface area (Å²) in [6, 6.07) is 4.96. The van der Waals surface area contributed by atoms with Crippen LogP contribution in [-0.4, -0.2) is 14.9 Å². The Balaban J connectivity index is 2.58. The van der Waals surface area contributed by atoms with Crippen LogP contribution in [0, 0.1) is 17.0 Å². The predicted octanol–water partition coefficient (Wildman–Crippen LogP) is 4.16. The number of para-hydroxylation sites is 2. The Hall–Kier alpha value is -2.42. The Bertz CT molecular complexity index is 737. The lowest BCUT2D eigenvalue weighted by Crippen LogP contribution is -2.12. The van der Waals surface area contributed by atoms with Crippen LogP contribution in [-0.2, 0) is 6.18 Å². The van der Waals surface area contributed by atoms with Crippen molar-refractivity contribution in [2.75, 3.05) is 0 Å². The van der Waals surface area contributed by atoms with E-state index in [0.29, 0.717) is 0 Å². The topological polar surface area (TPSA) is 78.2 Å². The van der Waals surface area contributed by atoms with E-state index in [4.69, 9.17) is 16.3 Å². The molecule has 22 heavy (non-hydrogen) atoms. The van der Waals surface area contributed by atoms with Gasteiger partial charge in [-0.2, -0.15) is 13.2 Å². The van der Waals surface area contributed by atoms with Gasteiger partial charge in [0.05, 0.1) is 4.92 Å². The number of nitro benzene ring substituents is 1. The second kappa shape index (κ2) is 5.76. The standard InChI is InChI=1S/C12H7ClF3N3O3/c1-6-17-10(12(14,15)16)9(11(13)18-6)22-8-5-3-2-4-7(8)19(20)21/h2-5H,1H3. The van der Waals surface area contributed by atoms with Crippen LogP contribution in [0.5, 0.6) is 11.5 Å². The zero-order valence-corrected chi connectivity index (χ0v) is 11.6. The predicted molar refractivity (Wildman–Crippen MR) is 70.0 cm³/mol. The highest BCUT2D eigenvalue weighted by molar-refractivity contribution is 6.31. The third kappa shape index (κ3) is 3.25. The zero-order chi connectivity index (χ0) is 16.5. The number of nitro groups is 1. The van der Waals surface area contributed by atoms with E-state index in [9.17, 15) is 23.3 Å². The minimum Gasteiger partial charge on any atom is -0.445 e. The Kier molecular flexibility index (Phi) is 4.18. The number of nitrogens with zero attached hydrogens (tertiary/aromatic N) is 3. The fourth-order valence-electron chi connectivity index (χ4n) is 1.61. The lowest BCUT2D eigenvalue weighted by atomic mass is 10.3. The van der Waals surface area contributed by atoms with Gasteiger partial charge in [-0.25, -0.2) is 9.97 Å². The number of alkyl halides is 3. The molecular weight excluding hydrogens is 327 g/mol. The van der Waals surface area contributed by atoms with E-state index in [2.05, 4.69) is 9.97 Å². The van der Waals surface area contributed by atoms with Crippen LogP contribution in [0.25, 0.3) is 0 Å². The van der Waals surface area contributed by atoms with E-state index < -0.39 is 39.1 Å². The van der Waals surface area contributed by atoms with Crippen molar-refractivity contribution in [3.8, 4) is 11.5 Å². The van der Waals surface area contributed by atoms with Crippen molar-refractivity contribution in [3.63, 3.8) is 0 Å². The highest BCUT2D eigenvalue weighted by atomic mass is 35.5. The van der Waals surface area contributed by atoms with Gasteiger partial charge in [-0.15, -0.1) is 0 Å². The molecule has 0 N–H and O–H groups in total. The van der Waals surface area contributed by atoms with Gasteiger partial charge in [0.2, 0.25) is 5.75 Å². The first-order valence-electron chi connectivity index (χ1n) is 5.72. The summed E-state index contributed by atoms with van der Waals surface area (Å²) in [5, 5.41) is 10.3. The lowest BCUT2D eigenvalue weighted by molar-refractivity contribution is -0.385. The highest BCUT2D eigenvalue weighted by Gasteiger charge is 2.39. The van der Waals surface area contributed by atoms with Crippen LogP contribution < -0.4 is 4.74 Å². The maximum atomic E-state index is 13.0. The summed E-state index contributed by atoms with van der Waals surface area (Å²) in [4.78, 5) is 16.9. The van der Waals surface area contributed by atoms with Gasteiger partial charge >= 0.3 is 11.9 Å². The number of aryl methyl sites for hydroxylation is 1. The van der Waals surface area contributed by atoms with E-state index in [-0.39, 0.29) is 5.82 Å². The Morgan fingerprint density at radius 2 is 1.91 bits per heavy atom. The molecule has 0 aliphatic heterocycles. The quantitative estimate of drug-likeness (QED) is 0.479. The number of aromatic nitrogens is 2. The smallest absolute Gasteiger partial charge is 0.437 e. The van der Waals surface area contributed by atoms with E-state index in [0.717, 1.165) is 12.1 Å². The third-order valence-corrected chi connectivity index (χ3v) is 2.73. The molecule has 0 radical (unpaired) electrons. The molecule has 0 fully saturated rings. The van der Waals surface area contributed by atoms with Gasteiger partial charge in [-0.1, -0.05) is 23.7 Å². The monoisotopic (exact) mass is 333 g/mol. The van der Waals surface area contributed by atoms with Crippen molar-refractivity contribution in [3.05, 3.63) is 51.1 Å². The van der Waals surface area contributed by atoms with E-state index in [1.165, 1.54) is 19.1 Å². The van der Waals surface area contributed by atoms with Gasteiger partial charge in [0.1, 0.15) is 5.82 Å². The SMILES string of the molecule is Cc1nc(Cl)c(Oc2ccccc2[N+](=O)[O-])c(C(F)(F)F)n1. The van der Waals surface area contributed by atoms with E-state index >= 15 is 0 Å². The maximum Gasteiger partial charge on any atom is 0.437 e. The third-order valence-electron chi connectivity index (χ3n) is 2.48. The Morgan fingerprint density at radius 3 is 2.50 bits per heavy atom. The van der Waals surface area contributed by atoms with Crippen LogP contribution in [0.15, 0.2) is 24.3 Å². The largest absolute Gasteiger partial charge is 0.445 e. The molecule has 0 bridgehead atoms. The van der Waals surface area contributed by atoms with Crippen LogP contribution in [0.1, 0.15) is 11.5 Å². The van der Waals surface area contributed by atoms with Crippen LogP contribution in [0.4, 0.5) is 18.9 Å². The average Bonchev–Trinajstić information content (AvgIpc) is 2.40. The summed E-state index contributed by atoms with van der Waals surface area (Å²) in [7, 11) is 0.